The van der Waals surface area contributed by atoms with Crippen LogP contribution in [-0.2, 0) is 4.79 Å². The summed E-state index contributed by atoms with van der Waals surface area (Å²) in [4.78, 5) is 15.8. The molecule has 0 aromatic heterocycles. The summed E-state index contributed by atoms with van der Waals surface area (Å²) >= 11 is 0. The van der Waals surface area contributed by atoms with E-state index in [-0.39, 0.29) is 6.04 Å². The van der Waals surface area contributed by atoms with Gasteiger partial charge in [0.25, 0.3) is 0 Å². The highest BCUT2D eigenvalue weighted by molar-refractivity contribution is 5.72. The summed E-state index contributed by atoms with van der Waals surface area (Å²) in [5.41, 5.74) is 0. The zero-order valence-corrected chi connectivity index (χ0v) is 11.1. The van der Waals surface area contributed by atoms with Gasteiger partial charge >= 0.3 is 5.97 Å². The Labute approximate surface area is 104 Å². The number of aliphatic carboxylic acids is 1. The van der Waals surface area contributed by atoms with Gasteiger partial charge in [0.2, 0.25) is 0 Å². The molecule has 4 heteroatoms. The molecule has 2 aliphatic heterocycles. The number of hydrogen-bond acceptors (Lipinski definition) is 3. The second kappa shape index (κ2) is 4.94. The van der Waals surface area contributed by atoms with E-state index in [1.165, 1.54) is 12.8 Å². The first-order valence-corrected chi connectivity index (χ1v) is 6.75. The highest BCUT2D eigenvalue weighted by Gasteiger charge is 2.39. The van der Waals surface area contributed by atoms with Crippen LogP contribution in [0.2, 0.25) is 0 Å². The lowest BCUT2D eigenvalue weighted by molar-refractivity contribution is -0.142. The van der Waals surface area contributed by atoms with Crippen LogP contribution in [-0.4, -0.2) is 58.1 Å². The average Bonchev–Trinajstić information content (AvgIpc) is 2.52. The molecule has 2 rings (SSSR count). The fourth-order valence-corrected chi connectivity index (χ4v) is 3.49. The van der Waals surface area contributed by atoms with E-state index in [1.54, 1.807) is 6.92 Å². The monoisotopic (exact) mass is 240 g/mol. The van der Waals surface area contributed by atoms with Crippen LogP contribution in [0.15, 0.2) is 0 Å². The lowest BCUT2D eigenvalue weighted by atomic mass is 10.1. The summed E-state index contributed by atoms with van der Waals surface area (Å²) in [5.74, 6) is -0.695. The molecule has 4 nitrogen and oxygen atoms in total. The minimum atomic E-state index is -0.695. The predicted molar refractivity (Wildman–Crippen MR) is 67.1 cm³/mol. The molecule has 0 spiro atoms. The van der Waals surface area contributed by atoms with E-state index in [0.717, 1.165) is 19.5 Å². The van der Waals surface area contributed by atoms with Crippen LogP contribution < -0.4 is 0 Å². The Morgan fingerprint density at radius 3 is 2.41 bits per heavy atom. The van der Waals surface area contributed by atoms with Gasteiger partial charge in [0, 0.05) is 31.2 Å². The van der Waals surface area contributed by atoms with Gasteiger partial charge in [-0.1, -0.05) is 0 Å². The SMILES string of the molecule is CC(C(=O)O)N1CCC2CCC(C1)N2C(C)C. The zero-order valence-electron chi connectivity index (χ0n) is 11.1. The largest absolute Gasteiger partial charge is 0.480 e. The Bertz CT molecular complexity index is 293. The summed E-state index contributed by atoms with van der Waals surface area (Å²) in [5, 5.41) is 9.12. The van der Waals surface area contributed by atoms with Crippen molar-refractivity contribution in [2.45, 2.75) is 64.2 Å². The van der Waals surface area contributed by atoms with Gasteiger partial charge in [-0.05, 0) is 40.0 Å². The minimum Gasteiger partial charge on any atom is -0.480 e. The maximum absolute atomic E-state index is 11.1. The molecule has 2 heterocycles. The number of carbonyl (C=O) groups is 1. The molecule has 2 aliphatic rings. The third-order valence-electron chi connectivity index (χ3n) is 4.37. The van der Waals surface area contributed by atoms with E-state index >= 15 is 0 Å². The average molecular weight is 240 g/mol. The zero-order chi connectivity index (χ0) is 12.6. The maximum Gasteiger partial charge on any atom is 0.320 e. The lowest BCUT2D eigenvalue weighted by Gasteiger charge is -2.32. The highest BCUT2D eigenvalue weighted by atomic mass is 16.4. The summed E-state index contributed by atoms with van der Waals surface area (Å²) in [7, 11) is 0. The highest BCUT2D eigenvalue weighted by Crippen LogP contribution is 2.32. The fraction of sp³-hybridized carbons (Fsp3) is 0.923. The van der Waals surface area contributed by atoms with Crippen molar-refractivity contribution in [2.24, 2.45) is 0 Å². The van der Waals surface area contributed by atoms with Crippen LogP contribution in [0.3, 0.4) is 0 Å². The van der Waals surface area contributed by atoms with E-state index in [9.17, 15) is 4.79 Å². The molecule has 3 unspecified atom stereocenters. The number of likely N-dealkylation sites (tertiary alicyclic amines) is 1. The van der Waals surface area contributed by atoms with E-state index < -0.39 is 5.97 Å². The number of hydrogen-bond donors (Lipinski definition) is 1. The molecule has 0 saturated carbocycles. The molecule has 2 saturated heterocycles. The molecule has 2 bridgehead atoms. The minimum absolute atomic E-state index is 0.344. The molecule has 0 aromatic rings. The quantitative estimate of drug-likeness (QED) is 0.810. The van der Waals surface area contributed by atoms with Crippen molar-refractivity contribution in [1.82, 2.24) is 9.80 Å². The first-order chi connectivity index (χ1) is 8.00. The molecular formula is C13H24N2O2. The van der Waals surface area contributed by atoms with Crippen LogP contribution in [0.1, 0.15) is 40.0 Å². The van der Waals surface area contributed by atoms with Gasteiger partial charge < -0.3 is 5.11 Å². The van der Waals surface area contributed by atoms with Gasteiger partial charge in [0.1, 0.15) is 6.04 Å². The Balaban J connectivity index is 2.08. The lowest BCUT2D eigenvalue weighted by Crippen LogP contribution is -2.46. The maximum atomic E-state index is 11.1. The molecule has 0 amide bonds. The predicted octanol–water partition coefficient (Wildman–Crippen LogP) is 1.41. The Kier molecular flexibility index (Phi) is 3.73. The van der Waals surface area contributed by atoms with Gasteiger partial charge in [0.05, 0.1) is 0 Å². The van der Waals surface area contributed by atoms with Gasteiger partial charge in [-0.25, -0.2) is 0 Å². The summed E-state index contributed by atoms with van der Waals surface area (Å²) < 4.78 is 0. The first kappa shape index (κ1) is 12.8. The molecule has 2 fully saturated rings. The van der Waals surface area contributed by atoms with Crippen LogP contribution in [0.4, 0.5) is 0 Å². The Morgan fingerprint density at radius 2 is 1.82 bits per heavy atom. The standard InChI is InChI=1S/C13H24N2O2/c1-9(2)15-11-4-5-12(15)8-14(7-6-11)10(3)13(16)17/h9-12H,4-8H2,1-3H3,(H,16,17). The Morgan fingerprint density at radius 1 is 1.18 bits per heavy atom. The molecule has 17 heavy (non-hydrogen) atoms. The van der Waals surface area contributed by atoms with Gasteiger partial charge in [-0.15, -0.1) is 0 Å². The molecule has 1 N–H and O–H groups in total. The van der Waals surface area contributed by atoms with E-state index in [1.807, 2.05) is 0 Å². The number of carboxylic acids is 1. The van der Waals surface area contributed by atoms with Crippen molar-refractivity contribution >= 4 is 5.97 Å². The van der Waals surface area contributed by atoms with Crippen molar-refractivity contribution in [3.05, 3.63) is 0 Å². The third kappa shape index (κ3) is 2.47. The summed E-state index contributed by atoms with van der Waals surface area (Å²) in [6.45, 7) is 8.16. The van der Waals surface area contributed by atoms with Crippen LogP contribution in [0, 0.1) is 0 Å². The molecule has 0 aromatic carbocycles. The molecule has 0 aliphatic carbocycles. The number of nitrogens with zero attached hydrogens (tertiary/aromatic N) is 2. The topological polar surface area (TPSA) is 43.8 Å². The van der Waals surface area contributed by atoms with Crippen LogP contribution >= 0.6 is 0 Å². The fourth-order valence-electron chi connectivity index (χ4n) is 3.49. The third-order valence-corrected chi connectivity index (χ3v) is 4.37. The Hall–Kier alpha value is -0.610. The second-order valence-electron chi connectivity index (χ2n) is 5.72. The van der Waals surface area contributed by atoms with E-state index in [0.29, 0.717) is 18.1 Å². The van der Waals surface area contributed by atoms with Gasteiger partial charge in [-0.3, -0.25) is 14.6 Å². The van der Waals surface area contributed by atoms with Crippen LogP contribution in [0.5, 0.6) is 0 Å². The van der Waals surface area contributed by atoms with Crippen molar-refractivity contribution in [1.29, 1.82) is 0 Å². The molecule has 0 radical (unpaired) electrons. The van der Waals surface area contributed by atoms with Crippen molar-refractivity contribution in [2.75, 3.05) is 13.1 Å². The first-order valence-electron chi connectivity index (χ1n) is 6.75. The molecule has 98 valence electrons. The molecular weight excluding hydrogens is 216 g/mol. The smallest absolute Gasteiger partial charge is 0.320 e. The van der Waals surface area contributed by atoms with Crippen molar-refractivity contribution < 1.29 is 9.90 Å². The normalized spacial score (nSPS) is 32.7. The number of fused-ring (bicyclic) bond motifs is 2. The van der Waals surface area contributed by atoms with Crippen LogP contribution in [0.25, 0.3) is 0 Å². The number of rotatable bonds is 3. The van der Waals surface area contributed by atoms with Crippen molar-refractivity contribution in [3.63, 3.8) is 0 Å². The summed E-state index contributed by atoms with van der Waals surface area (Å²) in [6, 6.07) is 1.46. The van der Waals surface area contributed by atoms with E-state index in [4.69, 9.17) is 5.11 Å². The van der Waals surface area contributed by atoms with Crippen molar-refractivity contribution in [3.8, 4) is 0 Å². The number of carboxylic acid groups (broad SMARTS) is 1. The second-order valence-corrected chi connectivity index (χ2v) is 5.72. The van der Waals surface area contributed by atoms with Gasteiger partial charge in [0.15, 0.2) is 0 Å². The summed E-state index contributed by atoms with van der Waals surface area (Å²) in [6.07, 6.45) is 3.64. The van der Waals surface area contributed by atoms with Gasteiger partial charge in [-0.2, -0.15) is 0 Å². The van der Waals surface area contributed by atoms with E-state index in [2.05, 4.69) is 23.6 Å². The molecule has 3 atom stereocenters.